The minimum absolute atomic E-state index is 0.0574. The molecule has 268 valence electrons. The number of rotatable bonds is 8. The van der Waals surface area contributed by atoms with Crippen molar-refractivity contribution in [2.75, 3.05) is 18.3 Å². The van der Waals surface area contributed by atoms with E-state index in [1.807, 2.05) is 45.9 Å². The minimum Gasteiger partial charge on any atom is -0.516 e. The van der Waals surface area contributed by atoms with Crippen molar-refractivity contribution < 1.29 is 23.4 Å². The zero-order chi connectivity index (χ0) is 37.8. The lowest BCUT2D eigenvalue weighted by Crippen LogP contribution is -2.11. The molecule has 13 heteroatoms. The highest BCUT2D eigenvalue weighted by Gasteiger charge is 2.17. The van der Waals surface area contributed by atoms with Crippen molar-refractivity contribution in [2.45, 2.75) is 47.5 Å². The number of aryl methyl sites for hydroxylation is 3. The van der Waals surface area contributed by atoms with Crippen LogP contribution in [0.5, 0.6) is 5.75 Å². The summed E-state index contributed by atoms with van der Waals surface area (Å²) in [4.78, 5) is 17.7. The first kappa shape index (κ1) is 46.0. The maximum Gasteiger partial charge on any atom is 0.204 e. The van der Waals surface area contributed by atoms with Crippen LogP contribution in [0.15, 0.2) is 91.7 Å². The smallest absolute Gasteiger partial charge is 0.204 e. The Bertz CT molecular complexity index is 1570. The molecule has 1 amide bonds. The number of aliphatic hydroxyl groups is 1. The molecular weight excluding hydrogens is 649 g/mol. The van der Waals surface area contributed by atoms with Gasteiger partial charge in [-0.05, 0) is 106 Å². The average Bonchev–Trinajstić information content (AvgIpc) is 3.10. The van der Waals surface area contributed by atoms with Crippen molar-refractivity contribution in [2.24, 2.45) is 22.9 Å². The highest BCUT2D eigenvalue weighted by Crippen LogP contribution is 2.32. The van der Waals surface area contributed by atoms with Crippen molar-refractivity contribution in [3.63, 3.8) is 0 Å². The van der Waals surface area contributed by atoms with E-state index in [-0.39, 0.29) is 24.6 Å². The van der Waals surface area contributed by atoms with Gasteiger partial charge in [-0.2, -0.15) is 12.6 Å². The van der Waals surface area contributed by atoms with E-state index in [1.165, 1.54) is 36.5 Å². The Morgan fingerprint density at radius 1 is 1.04 bits per heavy atom. The molecule has 0 atom stereocenters. The predicted molar refractivity (Wildman–Crippen MR) is 203 cm³/mol. The van der Waals surface area contributed by atoms with Gasteiger partial charge in [0.15, 0.2) is 11.6 Å². The largest absolute Gasteiger partial charge is 0.516 e. The third-order valence-corrected chi connectivity index (χ3v) is 5.61. The fourth-order valence-electron chi connectivity index (χ4n) is 3.81. The predicted octanol–water partition coefficient (Wildman–Crippen LogP) is 7.04. The lowest BCUT2D eigenvalue weighted by molar-refractivity contribution is -0.106. The Hall–Kier alpha value is -5.14. The van der Waals surface area contributed by atoms with Crippen LogP contribution in [-0.2, 0) is 17.6 Å². The van der Waals surface area contributed by atoms with Crippen LogP contribution < -0.4 is 33.0 Å². The van der Waals surface area contributed by atoms with Crippen LogP contribution in [0.1, 0.15) is 44.5 Å². The van der Waals surface area contributed by atoms with Gasteiger partial charge in [0, 0.05) is 22.8 Å². The third-order valence-electron chi connectivity index (χ3n) is 5.61. The molecule has 10 N–H and O–H groups in total. The van der Waals surface area contributed by atoms with E-state index >= 15 is 0 Å². The molecule has 0 unspecified atom stereocenters. The number of allylic oxidation sites excluding steroid dienone is 2. The maximum absolute atomic E-state index is 14.9. The Morgan fingerprint density at radius 3 is 2.10 bits per heavy atom. The quantitative estimate of drug-likeness (QED) is 0.0438. The van der Waals surface area contributed by atoms with Crippen molar-refractivity contribution in [3.8, 4) is 17.0 Å². The van der Waals surface area contributed by atoms with Crippen LogP contribution in [0.3, 0.4) is 0 Å². The molecule has 0 saturated heterocycles. The fraction of sp³-hybridized carbons (Fsp3) is 0.250. The summed E-state index contributed by atoms with van der Waals surface area (Å²) in [5.74, 6) is -0.718. The molecular formula is C36H51F2N7O3S. The molecule has 2 aromatic heterocycles. The van der Waals surface area contributed by atoms with Gasteiger partial charge in [-0.15, -0.1) is 0 Å². The van der Waals surface area contributed by atoms with E-state index in [0.717, 1.165) is 34.0 Å². The number of amides is 1. The second-order valence-electron chi connectivity index (χ2n) is 9.11. The van der Waals surface area contributed by atoms with Crippen molar-refractivity contribution >= 4 is 35.6 Å². The zero-order valence-electron chi connectivity index (χ0n) is 29.1. The number of benzene rings is 2. The van der Waals surface area contributed by atoms with Crippen LogP contribution in [-0.4, -0.2) is 34.5 Å². The van der Waals surface area contributed by atoms with Gasteiger partial charge in [0.2, 0.25) is 6.41 Å². The molecule has 0 bridgehead atoms. The first-order valence-corrected chi connectivity index (χ1v) is 16.1. The number of carbonyl (C=O) groups is 1. The number of nitrogens with two attached hydrogens (primary N) is 4. The molecule has 10 nitrogen and oxygen atoms in total. The fourth-order valence-corrected chi connectivity index (χ4v) is 3.81. The highest BCUT2D eigenvalue weighted by atomic mass is 32.1. The second kappa shape index (κ2) is 27.9. The Balaban J connectivity index is 0. The molecule has 0 aliphatic rings. The molecule has 0 spiro atoms. The molecule has 2 aromatic carbocycles. The summed E-state index contributed by atoms with van der Waals surface area (Å²) in [7, 11) is 0. The van der Waals surface area contributed by atoms with Gasteiger partial charge in [0.05, 0.1) is 23.3 Å². The molecule has 0 saturated carbocycles. The van der Waals surface area contributed by atoms with Crippen molar-refractivity contribution in [3.05, 3.63) is 120 Å². The van der Waals surface area contributed by atoms with Crippen molar-refractivity contribution in [1.29, 1.82) is 0 Å². The van der Waals surface area contributed by atoms with Crippen LogP contribution in [0.2, 0.25) is 0 Å². The van der Waals surface area contributed by atoms with Gasteiger partial charge in [-0.25, -0.2) is 13.8 Å². The van der Waals surface area contributed by atoms with E-state index in [1.54, 1.807) is 31.5 Å². The maximum atomic E-state index is 14.9. The number of carbonyl (C=O) groups excluding carboxylic acids is 1. The first-order valence-electron chi connectivity index (χ1n) is 15.2. The molecule has 0 radical (unpaired) electrons. The van der Waals surface area contributed by atoms with Crippen LogP contribution in [0.4, 0.5) is 14.5 Å². The number of halogens is 2. The number of thiol groups is 1. The van der Waals surface area contributed by atoms with E-state index in [2.05, 4.69) is 40.2 Å². The number of anilines is 1. The summed E-state index contributed by atoms with van der Waals surface area (Å²) in [5, 5.41) is 11.7. The lowest BCUT2D eigenvalue weighted by Gasteiger charge is -2.14. The summed E-state index contributed by atoms with van der Waals surface area (Å²) in [5.41, 5.74) is 25.2. The van der Waals surface area contributed by atoms with Crippen LogP contribution >= 0.6 is 12.6 Å². The summed E-state index contributed by atoms with van der Waals surface area (Å²) < 4.78 is 33.6. The van der Waals surface area contributed by atoms with Crippen LogP contribution in [0.25, 0.3) is 22.2 Å². The molecule has 4 rings (SSSR count). The standard InChI is InChI=1S/C26H25F2N5O.C3H7N.C3H6O.C2H6.CH3NO.CH4S/c1-15-9-19-10-17(11-23(32-16(2)30)24(19)31-13-15)3-8-21-12-22(28)26(34-14-29)25(33-21)18-4-6-20(27)7-5-18;2*1-2-3-4;1-2;2-1-3;1-2/h4-7,9-13,32H,2-3,8,14,29-30H2,1H3;2-3H,4H2,1H3;2-4H,1H3;1-2H3;1H,(H2,2,3);2H,1H3/b;3-2-;;;;. The van der Waals surface area contributed by atoms with Gasteiger partial charge < -0.3 is 32.4 Å². The molecule has 0 aliphatic heterocycles. The number of ether oxygens (including phenoxy) is 1. The number of hydrogen-bond donors (Lipinski definition) is 7. The monoisotopic (exact) mass is 699 g/mol. The summed E-state index contributed by atoms with van der Waals surface area (Å²) >= 11 is 3.53. The number of nitrogens with zero attached hydrogens (tertiary/aromatic N) is 2. The van der Waals surface area contributed by atoms with Gasteiger partial charge in [0.25, 0.3) is 0 Å². The number of pyridine rings is 2. The van der Waals surface area contributed by atoms with Crippen LogP contribution in [0, 0.1) is 18.6 Å². The third kappa shape index (κ3) is 17.5. The lowest BCUT2D eigenvalue weighted by atomic mass is 10.0. The number of hydrogen-bond acceptors (Lipinski definition) is 10. The van der Waals surface area contributed by atoms with E-state index in [0.29, 0.717) is 29.9 Å². The number of aliphatic hydroxyl groups excluding tert-OH is 1. The molecule has 2 heterocycles. The highest BCUT2D eigenvalue weighted by molar-refractivity contribution is 7.79. The summed E-state index contributed by atoms with van der Waals surface area (Å²) in [6, 6.07) is 13.0. The Kier molecular flexibility index (Phi) is 26.2. The normalized spacial score (nSPS) is 9.59. The van der Waals surface area contributed by atoms with Gasteiger partial charge in [-0.1, -0.05) is 32.6 Å². The van der Waals surface area contributed by atoms with Gasteiger partial charge in [0.1, 0.15) is 18.2 Å². The number of fused-ring (bicyclic) bond motifs is 1. The Morgan fingerprint density at radius 2 is 1.61 bits per heavy atom. The Labute approximate surface area is 294 Å². The first-order chi connectivity index (χ1) is 23.6. The number of aromatic nitrogens is 2. The zero-order valence-corrected chi connectivity index (χ0v) is 30.0. The van der Waals surface area contributed by atoms with Gasteiger partial charge in [-0.3, -0.25) is 15.5 Å². The second-order valence-corrected chi connectivity index (χ2v) is 9.11. The number of nitrogens with one attached hydrogen (secondary N) is 1. The van der Waals surface area contributed by atoms with E-state index < -0.39 is 11.6 Å². The molecule has 49 heavy (non-hydrogen) atoms. The average molecular weight is 700 g/mol. The topological polar surface area (TPSA) is 188 Å². The molecule has 4 aromatic rings. The summed E-state index contributed by atoms with van der Waals surface area (Å²) in [6.45, 7) is 13.1. The van der Waals surface area contributed by atoms with Crippen molar-refractivity contribution in [1.82, 2.24) is 9.97 Å². The number of primary amides is 1. The SMILES string of the molecule is C/C=C\N.C=C(N)Nc1cc(CCc2cc(F)c(OCN)c(-c3ccc(F)cc3)n2)cc2cc(C)cnc12.CC.CC=CO.CS.NC=O. The molecule has 0 fully saturated rings. The molecule has 0 aliphatic carbocycles. The minimum atomic E-state index is -0.574. The van der Waals surface area contributed by atoms with E-state index in [9.17, 15) is 8.78 Å². The van der Waals surface area contributed by atoms with Gasteiger partial charge >= 0.3 is 0 Å². The van der Waals surface area contributed by atoms with E-state index in [4.69, 9.17) is 31.8 Å². The summed E-state index contributed by atoms with van der Waals surface area (Å²) in [6.07, 6.45) is 10.6.